The van der Waals surface area contributed by atoms with Gasteiger partial charge >= 0.3 is 6.09 Å². The predicted molar refractivity (Wildman–Crippen MR) is 51.5 cm³/mol. The minimum atomic E-state index is -0.189. The molecule has 3 nitrogen and oxygen atoms in total. The molecule has 13 heavy (non-hydrogen) atoms. The van der Waals surface area contributed by atoms with Crippen LogP contribution in [0.25, 0.3) is 0 Å². The molecule has 1 aliphatic heterocycles. The Hall–Kier alpha value is -0.990. The zero-order valence-corrected chi connectivity index (χ0v) is 8.32. The third-order valence-corrected chi connectivity index (χ3v) is 2.00. The Bertz CT molecular complexity index is 191. The molecule has 0 unspecified atom stereocenters. The smallest absolute Gasteiger partial charge is 0.410 e. The second kappa shape index (κ2) is 4.90. The van der Waals surface area contributed by atoms with Crippen LogP contribution in [0.4, 0.5) is 4.79 Å². The average Bonchev–Trinajstić information content (AvgIpc) is 2.55. The van der Waals surface area contributed by atoms with Crippen LogP contribution < -0.4 is 0 Å². The molecule has 0 radical (unpaired) electrons. The van der Waals surface area contributed by atoms with Crippen LogP contribution >= 0.6 is 0 Å². The molecule has 0 aromatic heterocycles. The predicted octanol–water partition coefficient (Wildman–Crippen LogP) is 2.04. The molecule has 0 spiro atoms. The van der Waals surface area contributed by atoms with Gasteiger partial charge in [-0.15, -0.1) is 0 Å². The summed E-state index contributed by atoms with van der Waals surface area (Å²) in [6.07, 6.45) is 4.70. The third kappa shape index (κ3) is 3.49. The first-order valence-corrected chi connectivity index (χ1v) is 4.77. The SMILES string of the molecule is CC(C)CCOC(=O)N1CC=CC1. The number of carbonyl (C=O) groups excluding carboxylic acids is 1. The van der Waals surface area contributed by atoms with Crippen LogP contribution in [-0.2, 0) is 4.74 Å². The van der Waals surface area contributed by atoms with Crippen molar-refractivity contribution in [3.63, 3.8) is 0 Å². The highest BCUT2D eigenvalue weighted by atomic mass is 16.6. The maximum atomic E-state index is 11.3. The summed E-state index contributed by atoms with van der Waals surface area (Å²) in [5.41, 5.74) is 0. The van der Waals surface area contributed by atoms with Crippen molar-refractivity contribution >= 4 is 6.09 Å². The van der Waals surface area contributed by atoms with E-state index in [0.29, 0.717) is 25.6 Å². The van der Waals surface area contributed by atoms with Crippen molar-refractivity contribution in [2.45, 2.75) is 20.3 Å². The van der Waals surface area contributed by atoms with E-state index in [1.54, 1.807) is 4.90 Å². The van der Waals surface area contributed by atoms with Crippen LogP contribution in [0.15, 0.2) is 12.2 Å². The van der Waals surface area contributed by atoms with Crippen molar-refractivity contribution in [2.75, 3.05) is 19.7 Å². The standard InChI is InChI=1S/C10H17NO2/c1-9(2)5-8-13-10(12)11-6-3-4-7-11/h3-4,9H,5-8H2,1-2H3. The first-order valence-electron chi connectivity index (χ1n) is 4.77. The van der Waals surface area contributed by atoms with Gasteiger partial charge in [0.2, 0.25) is 0 Å². The molecule has 0 N–H and O–H groups in total. The van der Waals surface area contributed by atoms with Gasteiger partial charge in [-0.2, -0.15) is 0 Å². The van der Waals surface area contributed by atoms with Gasteiger partial charge in [0.15, 0.2) is 0 Å². The molecule has 0 fully saturated rings. The van der Waals surface area contributed by atoms with E-state index in [0.717, 1.165) is 6.42 Å². The number of hydrogen-bond acceptors (Lipinski definition) is 2. The Morgan fingerprint density at radius 3 is 2.62 bits per heavy atom. The average molecular weight is 183 g/mol. The summed E-state index contributed by atoms with van der Waals surface area (Å²) < 4.78 is 5.08. The fourth-order valence-electron chi connectivity index (χ4n) is 1.10. The van der Waals surface area contributed by atoms with E-state index in [4.69, 9.17) is 4.74 Å². The van der Waals surface area contributed by atoms with E-state index >= 15 is 0 Å². The molecule has 0 aromatic carbocycles. The lowest BCUT2D eigenvalue weighted by Crippen LogP contribution is -2.29. The fraction of sp³-hybridized carbons (Fsp3) is 0.700. The Morgan fingerprint density at radius 1 is 1.46 bits per heavy atom. The summed E-state index contributed by atoms with van der Waals surface area (Å²) in [5, 5.41) is 0. The van der Waals surface area contributed by atoms with Crippen LogP contribution in [0, 0.1) is 5.92 Å². The monoisotopic (exact) mass is 183 g/mol. The molecule has 1 rings (SSSR count). The molecule has 3 heteroatoms. The molecule has 0 atom stereocenters. The number of ether oxygens (including phenoxy) is 1. The Labute approximate surface area is 79.4 Å². The highest BCUT2D eigenvalue weighted by Gasteiger charge is 2.14. The lowest BCUT2D eigenvalue weighted by atomic mass is 10.1. The summed E-state index contributed by atoms with van der Waals surface area (Å²) in [7, 11) is 0. The quantitative estimate of drug-likeness (QED) is 0.627. The molecule has 74 valence electrons. The lowest BCUT2D eigenvalue weighted by molar-refractivity contribution is 0.108. The molecule has 1 heterocycles. The van der Waals surface area contributed by atoms with Gasteiger partial charge in [-0.05, 0) is 12.3 Å². The van der Waals surface area contributed by atoms with Gasteiger partial charge < -0.3 is 9.64 Å². The molecule has 0 saturated heterocycles. The van der Waals surface area contributed by atoms with E-state index in [9.17, 15) is 4.79 Å². The van der Waals surface area contributed by atoms with E-state index in [2.05, 4.69) is 13.8 Å². The van der Waals surface area contributed by atoms with Crippen molar-refractivity contribution in [3.05, 3.63) is 12.2 Å². The molecule has 0 saturated carbocycles. The topological polar surface area (TPSA) is 29.5 Å². The molecule has 0 aromatic rings. The molecule has 0 aliphatic carbocycles. The van der Waals surface area contributed by atoms with E-state index in [1.807, 2.05) is 12.2 Å². The largest absolute Gasteiger partial charge is 0.449 e. The van der Waals surface area contributed by atoms with Crippen molar-refractivity contribution < 1.29 is 9.53 Å². The van der Waals surface area contributed by atoms with Crippen LogP contribution in [0.1, 0.15) is 20.3 Å². The van der Waals surface area contributed by atoms with Crippen LogP contribution in [-0.4, -0.2) is 30.7 Å². The van der Waals surface area contributed by atoms with Gasteiger partial charge in [-0.25, -0.2) is 4.79 Å². The summed E-state index contributed by atoms with van der Waals surface area (Å²) in [4.78, 5) is 13.0. The number of nitrogens with zero attached hydrogens (tertiary/aromatic N) is 1. The number of carbonyl (C=O) groups is 1. The number of amides is 1. The van der Waals surface area contributed by atoms with Gasteiger partial charge in [0, 0.05) is 13.1 Å². The summed E-state index contributed by atoms with van der Waals surface area (Å²) in [5.74, 6) is 0.588. The highest BCUT2D eigenvalue weighted by Crippen LogP contribution is 2.04. The normalized spacial score (nSPS) is 15.5. The summed E-state index contributed by atoms with van der Waals surface area (Å²) >= 11 is 0. The summed E-state index contributed by atoms with van der Waals surface area (Å²) in [6.45, 7) is 6.16. The van der Waals surface area contributed by atoms with Gasteiger partial charge in [-0.3, -0.25) is 0 Å². The van der Waals surface area contributed by atoms with Crippen LogP contribution in [0.3, 0.4) is 0 Å². The maximum Gasteiger partial charge on any atom is 0.410 e. The first-order chi connectivity index (χ1) is 6.20. The molecular formula is C10H17NO2. The zero-order chi connectivity index (χ0) is 9.68. The second-order valence-corrected chi connectivity index (χ2v) is 3.67. The maximum absolute atomic E-state index is 11.3. The van der Waals surface area contributed by atoms with Crippen molar-refractivity contribution in [2.24, 2.45) is 5.92 Å². The molecular weight excluding hydrogens is 166 g/mol. The zero-order valence-electron chi connectivity index (χ0n) is 8.32. The lowest BCUT2D eigenvalue weighted by Gasteiger charge is -2.15. The molecule has 1 aliphatic rings. The Kier molecular flexibility index (Phi) is 3.80. The Morgan fingerprint density at radius 2 is 2.08 bits per heavy atom. The van der Waals surface area contributed by atoms with E-state index < -0.39 is 0 Å². The summed E-state index contributed by atoms with van der Waals surface area (Å²) in [6, 6.07) is 0. The van der Waals surface area contributed by atoms with Crippen molar-refractivity contribution in [3.8, 4) is 0 Å². The third-order valence-electron chi connectivity index (χ3n) is 2.00. The Balaban J connectivity index is 2.11. The van der Waals surface area contributed by atoms with Gasteiger partial charge in [0.25, 0.3) is 0 Å². The van der Waals surface area contributed by atoms with E-state index in [1.165, 1.54) is 0 Å². The van der Waals surface area contributed by atoms with Gasteiger partial charge in [0.05, 0.1) is 6.61 Å². The number of rotatable bonds is 3. The van der Waals surface area contributed by atoms with Gasteiger partial charge in [0.1, 0.15) is 0 Å². The van der Waals surface area contributed by atoms with Crippen LogP contribution in [0.5, 0.6) is 0 Å². The van der Waals surface area contributed by atoms with E-state index in [-0.39, 0.29) is 6.09 Å². The van der Waals surface area contributed by atoms with Crippen molar-refractivity contribution in [1.82, 2.24) is 4.90 Å². The van der Waals surface area contributed by atoms with Gasteiger partial charge in [-0.1, -0.05) is 26.0 Å². The van der Waals surface area contributed by atoms with Crippen molar-refractivity contribution in [1.29, 1.82) is 0 Å². The molecule has 0 bridgehead atoms. The minimum absolute atomic E-state index is 0.189. The minimum Gasteiger partial charge on any atom is -0.449 e. The second-order valence-electron chi connectivity index (χ2n) is 3.67. The first kappa shape index (κ1) is 10.1. The highest BCUT2D eigenvalue weighted by molar-refractivity contribution is 5.68. The molecule has 1 amide bonds. The number of hydrogen-bond donors (Lipinski definition) is 0. The fourth-order valence-corrected chi connectivity index (χ4v) is 1.10. The van der Waals surface area contributed by atoms with Crippen LogP contribution in [0.2, 0.25) is 0 Å².